The van der Waals surface area contributed by atoms with Crippen molar-refractivity contribution in [2.45, 2.75) is 6.92 Å². The van der Waals surface area contributed by atoms with E-state index >= 15 is 0 Å². The Morgan fingerprint density at radius 3 is 2.95 bits per heavy atom. The van der Waals surface area contributed by atoms with Gasteiger partial charge in [0, 0.05) is 0 Å². The smallest absolute Gasteiger partial charge is 0.261 e. The molecule has 1 heterocycles. The third kappa shape index (κ3) is 2.92. The summed E-state index contributed by atoms with van der Waals surface area (Å²) in [4.78, 5) is 16.6. The monoisotopic (exact) mass is 316 g/mol. The molecule has 112 valence electrons. The molecule has 2 aromatic carbocycles. The summed E-state index contributed by atoms with van der Waals surface area (Å²) in [6.07, 6.45) is 0. The quantitative estimate of drug-likeness (QED) is 0.789. The van der Waals surface area contributed by atoms with Crippen LogP contribution in [0.1, 0.15) is 17.3 Å². The largest absolute Gasteiger partial charge is 0.493 e. The van der Waals surface area contributed by atoms with Gasteiger partial charge in [-0.25, -0.2) is 9.37 Å². The third-order valence-electron chi connectivity index (χ3n) is 3.00. The molecule has 0 spiro atoms. The highest BCUT2D eigenvalue weighted by Gasteiger charge is 2.14. The first-order valence-electron chi connectivity index (χ1n) is 6.76. The Hall–Kier alpha value is -2.47. The number of nitrogens with zero attached hydrogens (tertiary/aromatic N) is 1. The number of nitrogens with one attached hydrogen (secondary N) is 1. The molecule has 0 radical (unpaired) electrons. The van der Waals surface area contributed by atoms with Crippen molar-refractivity contribution in [2.75, 3.05) is 11.9 Å². The highest BCUT2D eigenvalue weighted by molar-refractivity contribution is 7.22. The molecule has 0 aliphatic heterocycles. The van der Waals surface area contributed by atoms with Crippen LogP contribution in [0.4, 0.5) is 9.52 Å². The lowest BCUT2D eigenvalue weighted by molar-refractivity contribution is 0.102. The number of para-hydroxylation sites is 1. The summed E-state index contributed by atoms with van der Waals surface area (Å²) in [6, 6.07) is 11.3. The lowest BCUT2D eigenvalue weighted by Gasteiger charge is -2.08. The fraction of sp³-hybridized carbons (Fsp3) is 0.125. The maximum Gasteiger partial charge on any atom is 0.261 e. The second kappa shape index (κ2) is 6.11. The standard InChI is InChI=1S/C16H13FN2O2S/c1-2-21-13-6-4-3-5-11(13)15(20)19-16-18-12-8-7-10(17)9-14(12)22-16/h3-9H,2H2,1H3,(H,18,19,20). The zero-order valence-corrected chi connectivity index (χ0v) is 12.6. The number of fused-ring (bicyclic) bond motifs is 1. The van der Waals surface area contributed by atoms with Gasteiger partial charge in [-0.15, -0.1) is 0 Å². The van der Waals surface area contributed by atoms with Crippen LogP contribution in [0.2, 0.25) is 0 Å². The normalized spacial score (nSPS) is 10.6. The number of ether oxygens (including phenoxy) is 1. The number of halogens is 1. The number of aromatic nitrogens is 1. The van der Waals surface area contributed by atoms with E-state index in [-0.39, 0.29) is 11.7 Å². The molecular weight excluding hydrogens is 303 g/mol. The first-order valence-corrected chi connectivity index (χ1v) is 7.58. The Balaban J connectivity index is 1.86. The van der Waals surface area contributed by atoms with Crippen molar-refractivity contribution < 1.29 is 13.9 Å². The molecule has 22 heavy (non-hydrogen) atoms. The number of thiazole rings is 1. The van der Waals surface area contributed by atoms with Crippen molar-refractivity contribution in [3.8, 4) is 5.75 Å². The highest BCUT2D eigenvalue weighted by atomic mass is 32.1. The Labute approximate surface area is 130 Å². The molecule has 0 aliphatic carbocycles. The average molecular weight is 316 g/mol. The highest BCUT2D eigenvalue weighted by Crippen LogP contribution is 2.27. The molecule has 3 aromatic rings. The van der Waals surface area contributed by atoms with Crippen LogP contribution in [0.3, 0.4) is 0 Å². The predicted molar refractivity (Wildman–Crippen MR) is 85.1 cm³/mol. The first-order chi connectivity index (χ1) is 10.7. The average Bonchev–Trinajstić information content (AvgIpc) is 2.89. The Bertz CT molecular complexity index is 832. The summed E-state index contributed by atoms with van der Waals surface area (Å²) in [7, 11) is 0. The molecule has 4 nitrogen and oxygen atoms in total. The first kappa shape index (κ1) is 14.5. The summed E-state index contributed by atoms with van der Waals surface area (Å²) in [5.41, 5.74) is 1.09. The fourth-order valence-corrected chi connectivity index (χ4v) is 2.94. The lowest BCUT2D eigenvalue weighted by atomic mass is 10.2. The van der Waals surface area contributed by atoms with Crippen molar-refractivity contribution in [1.82, 2.24) is 4.98 Å². The van der Waals surface area contributed by atoms with Crippen LogP contribution in [0.5, 0.6) is 5.75 Å². The van der Waals surface area contributed by atoms with Gasteiger partial charge in [0.05, 0.1) is 22.4 Å². The predicted octanol–water partition coefficient (Wildman–Crippen LogP) is 4.09. The van der Waals surface area contributed by atoms with E-state index in [9.17, 15) is 9.18 Å². The molecule has 1 aromatic heterocycles. The van der Waals surface area contributed by atoms with Crippen molar-refractivity contribution >= 4 is 32.6 Å². The van der Waals surface area contributed by atoms with Gasteiger partial charge < -0.3 is 4.74 Å². The van der Waals surface area contributed by atoms with Gasteiger partial charge in [0.15, 0.2) is 5.13 Å². The summed E-state index contributed by atoms with van der Waals surface area (Å²) in [5.74, 6) is -0.103. The van der Waals surface area contributed by atoms with E-state index in [1.807, 2.05) is 13.0 Å². The number of benzene rings is 2. The molecule has 0 saturated heterocycles. The Morgan fingerprint density at radius 2 is 2.14 bits per heavy atom. The fourth-order valence-electron chi connectivity index (χ4n) is 2.05. The molecule has 6 heteroatoms. The molecule has 1 N–H and O–H groups in total. The van der Waals surface area contributed by atoms with Crippen molar-refractivity contribution in [3.05, 3.63) is 53.8 Å². The number of anilines is 1. The number of hydrogen-bond donors (Lipinski definition) is 1. The van der Waals surface area contributed by atoms with Crippen LogP contribution in [-0.2, 0) is 0 Å². The van der Waals surface area contributed by atoms with Gasteiger partial charge in [-0.05, 0) is 37.3 Å². The minimum absolute atomic E-state index is 0.302. The second-order valence-electron chi connectivity index (χ2n) is 4.51. The maximum absolute atomic E-state index is 13.2. The Morgan fingerprint density at radius 1 is 1.32 bits per heavy atom. The van der Waals surface area contributed by atoms with Gasteiger partial charge in [0.2, 0.25) is 0 Å². The topological polar surface area (TPSA) is 51.2 Å². The maximum atomic E-state index is 13.2. The van der Waals surface area contributed by atoms with E-state index in [0.717, 1.165) is 0 Å². The molecule has 0 aliphatic rings. The molecule has 0 bridgehead atoms. The zero-order chi connectivity index (χ0) is 15.5. The van der Waals surface area contributed by atoms with Crippen LogP contribution in [0.15, 0.2) is 42.5 Å². The minimum Gasteiger partial charge on any atom is -0.493 e. The minimum atomic E-state index is -0.323. The van der Waals surface area contributed by atoms with E-state index in [2.05, 4.69) is 10.3 Å². The van der Waals surface area contributed by atoms with Gasteiger partial charge in [-0.3, -0.25) is 10.1 Å². The van der Waals surface area contributed by atoms with E-state index in [0.29, 0.717) is 33.3 Å². The van der Waals surface area contributed by atoms with Crippen LogP contribution >= 0.6 is 11.3 Å². The SMILES string of the molecule is CCOc1ccccc1C(=O)Nc1nc2ccc(F)cc2s1. The summed E-state index contributed by atoms with van der Waals surface area (Å²) >= 11 is 1.23. The summed E-state index contributed by atoms with van der Waals surface area (Å²) < 4.78 is 19.3. The number of carbonyl (C=O) groups is 1. The molecule has 0 fully saturated rings. The van der Waals surface area contributed by atoms with Gasteiger partial charge >= 0.3 is 0 Å². The molecule has 0 unspecified atom stereocenters. The lowest BCUT2D eigenvalue weighted by Crippen LogP contribution is -2.13. The molecule has 1 amide bonds. The molecule has 0 saturated carbocycles. The Kier molecular flexibility index (Phi) is 4.02. The van der Waals surface area contributed by atoms with Crippen LogP contribution in [0.25, 0.3) is 10.2 Å². The number of amides is 1. The van der Waals surface area contributed by atoms with Crippen molar-refractivity contribution in [3.63, 3.8) is 0 Å². The molecule has 0 atom stereocenters. The van der Waals surface area contributed by atoms with E-state index in [1.165, 1.54) is 23.5 Å². The van der Waals surface area contributed by atoms with Crippen LogP contribution < -0.4 is 10.1 Å². The van der Waals surface area contributed by atoms with E-state index < -0.39 is 0 Å². The zero-order valence-electron chi connectivity index (χ0n) is 11.8. The molecule has 3 rings (SSSR count). The van der Waals surface area contributed by atoms with Gasteiger partial charge in [0.1, 0.15) is 11.6 Å². The van der Waals surface area contributed by atoms with Gasteiger partial charge in [-0.1, -0.05) is 23.5 Å². The number of hydrogen-bond acceptors (Lipinski definition) is 4. The van der Waals surface area contributed by atoms with E-state index in [1.54, 1.807) is 24.3 Å². The van der Waals surface area contributed by atoms with Crippen molar-refractivity contribution in [2.24, 2.45) is 0 Å². The van der Waals surface area contributed by atoms with Gasteiger partial charge in [-0.2, -0.15) is 0 Å². The van der Waals surface area contributed by atoms with Crippen LogP contribution in [-0.4, -0.2) is 17.5 Å². The number of rotatable bonds is 4. The second-order valence-corrected chi connectivity index (χ2v) is 5.55. The summed E-state index contributed by atoms with van der Waals surface area (Å²) in [6.45, 7) is 2.33. The number of carbonyl (C=O) groups excluding carboxylic acids is 1. The third-order valence-corrected chi connectivity index (χ3v) is 3.94. The summed E-state index contributed by atoms with van der Waals surface area (Å²) in [5, 5.41) is 3.16. The van der Waals surface area contributed by atoms with Crippen LogP contribution in [0, 0.1) is 5.82 Å². The van der Waals surface area contributed by atoms with E-state index in [4.69, 9.17) is 4.74 Å². The molecular formula is C16H13FN2O2S. The van der Waals surface area contributed by atoms with Gasteiger partial charge in [0.25, 0.3) is 5.91 Å². The van der Waals surface area contributed by atoms with Crippen molar-refractivity contribution in [1.29, 1.82) is 0 Å².